The van der Waals surface area contributed by atoms with Gasteiger partial charge >= 0.3 is 5.76 Å². The Hall–Kier alpha value is -5.86. The molecule has 4 N–H and O–H groups in total. The number of benzene rings is 2. The number of fused-ring (bicyclic) bond motifs is 3. The van der Waals surface area contributed by atoms with E-state index in [2.05, 4.69) is 45.9 Å². The molecule has 1 atom stereocenters. The average molecular weight is 568 g/mol. The minimum Gasteiger partial charge on any atom is -0.482 e. The molecular formula is C27H21N9O6. The van der Waals surface area contributed by atoms with Crippen LogP contribution >= 0.6 is 0 Å². The van der Waals surface area contributed by atoms with E-state index in [0.717, 1.165) is 16.7 Å². The van der Waals surface area contributed by atoms with Crippen LogP contribution in [-0.2, 0) is 17.8 Å². The van der Waals surface area contributed by atoms with Crippen molar-refractivity contribution in [3.63, 3.8) is 0 Å². The molecule has 0 radical (unpaired) electrons. The molecule has 2 aliphatic rings. The van der Waals surface area contributed by atoms with Crippen molar-refractivity contribution in [3.05, 3.63) is 87.3 Å². The predicted molar refractivity (Wildman–Crippen MR) is 144 cm³/mol. The SMILES string of the molecule is O=C1COc2ccc(CNC(=O)c3cc(C(=O)N[C@H]4CCc5cc(-c6noc(=O)[nH]6)ccc54)nc4cnnn34)cc2N1. The molecule has 1 aliphatic heterocycles. The van der Waals surface area contributed by atoms with Crippen LogP contribution in [0, 0.1) is 0 Å². The number of aryl methyl sites for hydroxylation is 1. The predicted octanol–water partition coefficient (Wildman–Crippen LogP) is 1.15. The van der Waals surface area contributed by atoms with E-state index in [9.17, 15) is 19.2 Å². The fourth-order valence-corrected chi connectivity index (χ4v) is 5.12. The number of amides is 3. The van der Waals surface area contributed by atoms with Gasteiger partial charge in [0, 0.05) is 18.2 Å². The summed E-state index contributed by atoms with van der Waals surface area (Å²) in [6.45, 7) is 0.0983. The number of hydrogen-bond donors (Lipinski definition) is 4. The average Bonchev–Trinajstić information content (AvgIpc) is 3.75. The summed E-state index contributed by atoms with van der Waals surface area (Å²) in [6, 6.07) is 11.9. The van der Waals surface area contributed by atoms with Crippen molar-refractivity contribution in [2.24, 2.45) is 0 Å². The molecule has 42 heavy (non-hydrogen) atoms. The zero-order chi connectivity index (χ0) is 28.8. The van der Waals surface area contributed by atoms with Crippen molar-refractivity contribution in [1.82, 2.24) is 40.6 Å². The van der Waals surface area contributed by atoms with Crippen LogP contribution in [0.4, 0.5) is 5.69 Å². The molecule has 5 aromatic rings. The highest BCUT2D eigenvalue weighted by atomic mass is 16.5. The maximum atomic E-state index is 13.3. The smallest absolute Gasteiger partial charge is 0.439 e. The Morgan fingerprint density at radius 2 is 2.00 bits per heavy atom. The summed E-state index contributed by atoms with van der Waals surface area (Å²) in [5, 5.41) is 20.1. The summed E-state index contributed by atoms with van der Waals surface area (Å²) in [7, 11) is 0. The third-order valence-corrected chi connectivity index (χ3v) is 7.10. The summed E-state index contributed by atoms with van der Waals surface area (Å²) in [5.41, 5.74) is 4.26. The lowest BCUT2D eigenvalue weighted by molar-refractivity contribution is -0.118. The van der Waals surface area contributed by atoms with Crippen molar-refractivity contribution >= 4 is 29.1 Å². The van der Waals surface area contributed by atoms with Gasteiger partial charge in [-0.1, -0.05) is 28.6 Å². The summed E-state index contributed by atoms with van der Waals surface area (Å²) in [6.07, 6.45) is 2.73. The first-order valence-corrected chi connectivity index (χ1v) is 13.0. The molecule has 1 aliphatic carbocycles. The lowest BCUT2D eigenvalue weighted by Gasteiger charge is -2.18. The van der Waals surface area contributed by atoms with E-state index in [-0.39, 0.29) is 42.1 Å². The third kappa shape index (κ3) is 4.61. The van der Waals surface area contributed by atoms with Gasteiger partial charge in [-0.05, 0) is 47.7 Å². The van der Waals surface area contributed by atoms with E-state index in [4.69, 9.17) is 4.74 Å². The molecule has 0 spiro atoms. The Labute approximate surface area is 235 Å². The molecule has 0 bridgehead atoms. The molecule has 2 aromatic carbocycles. The highest BCUT2D eigenvalue weighted by molar-refractivity contribution is 5.98. The van der Waals surface area contributed by atoms with Crippen LogP contribution in [0.5, 0.6) is 5.75 Å². The number of aromatic amines is 1. The molecule has 210 valence electrons. The van der Waals surface area contributed by atoms with Crippen molar-refractivity contribution < 1.29 is 23.6 Å². The highest BCUT2D eigenvalue weighted by Crippen LogP contribution is 2.34. The Morgan fingerprint density at radius 3 is 2.86 bits per heavy atom. The third-order valence-electron chi connectivity index (χ3n) is 7.10. The van der Waals surface area contributed by atoms with Gasteiger partial charge in [-0.2, -0.15) is 4.52 Å². The summed E-state index contributed by atoms with van der Waals surface area (Å²) in [4.78, 5) is 56.4. The number of aromatic nitrogens is 6. The van der Waals surface area contributed by atoms with E-state index in [0.29, 0.717) is 35.7 Å². The minimum absolute atomic E-state index is 0.0360. The van der Waals surface area contributed by atoms with Gasteiger partial charge in [-0.3, -0.25) is 23.9 Å². The van der Waals surface area contributed by atoms with Gasteiger partial charge in [0.15, 0.2) is 18.1 Å². The van der Waals surface area contributed by atoms with Crippen LogP contribution in [0.3, 0.4) is 0 Å². The second kappa shape index (κ2) is 9.96. The Morgan fingerprint density at radius 1 is 1.10 bits per heavy atom. The van der Waals surface area contributed by atoms with Gasteiger partial charge in [0.25, 0.3) is 17.7 Å². The lowest BCUT2D eigenvalue weighted by atomic mass is 10.0. The molecule has 3 amide bonds. The molecule has 0 saturated carbocycles. The molecular weight excluding hydrogens is 546 g/mol. The first-order valence-electron chi connectivity index (χ1n) is 13.0. The number of nitrogens with zero attached hydrogens (tertiary/aromatic N) is 5. The largest absolute Gasteiger partial charge is 0.482 e. The number of hydrogen-bond acceptors (Lipinski definition) is 10. The van der Waals surface area contributed by atoms with Gasteiger partial charge in [-0.15, -0.1) is 5.10 Å². The lowest BCUT2D eigenvalue weighted by Crippen LogP contribution is -2.30. The second-order valence-corrected chi connectivity index (χ2v) is 9.80. The first-order chi connectivity index (χ1) is 20.4. The normalized spacial score (nSPS) is 15.4. The first kappa shape index (κ1) is 25.1. The van der Waals surface area contributed by atoms with E-state index < -0.39 is 17.6 Å². The number of H-pyrrole nitrogens is 1. The monoisotopic (exact) mass is 567 g/mol. The van der Waals surface area contributed by atoms with Crippen molar-refractivity contribution in [2.75, 3.05) is 11.9 Å². The summed E-state index contributed by atoms with van der Waals surface area (Å²) >= 11 is 0. The quantitative estimate of drug-likeness (QED) is 0.231. The van der Waals surface area contributed by atoms with E-state index in [1.54, 1.807) is 24.3 Å². The Balaban J connectivity index is 1.08. The summed E-state index contributed by atoms with van der Waals surface area (Å²) in [5.74, 6) is -0.957. The fraction of sp³-hybridized carbons (Fsp3) is 0.185. The maximum absolute atomic E-state index is 13.3. The molecule has 4 heterocycles. The van der Waals surface area contributed by atoms with Gasteiger partial charge in [0.2, 0.25) is 0 Å². The van der Waals surface area contributed by atoms with Gasteiger partial charge < -0.3 is 20.7 Å². The van der Waals surface area contributed by atoms with Crippen LogP contribution in [0.2, 0.25) is 0 Å². The highest BCUT2D eigenvalue weighted by Gasteiger charge is 2.27. The van der Waals surface area contributed by atoms with E-state index in [1.165, 1.54) is 16.8 Å². The molecule has 0 unspecified atom stereocenters. The molecule has 3 aromatic heterocycles. The number of rotatable bonds is 6. The molecule has 0 saturated heterocycles. The topological polar surface area (TPSA) is 198 Å². The molecule has 7 rings (SSSR count). The van der Waals surface area contributed by atoms with Gasteiger partial charge in [0.05, 0.1) is 17.9 Å². The minimum atomic E-state index is -0.634. The fourth-order valence-electron chi connectivity index (χ4n) is 5.12. The van der Waals surface area contributed by atoms with Crippen LogP contribution in [-0.4, -0.2) is 54.3 Å². The number of nitrogens with one attached hydrogen (secondary N) is 4. The van der Waals surface area contributed by atoms with Crippen molar-refractivity contribution in [1.29, 1.82) is 0 Å². The van der Waals surface area contributed by atoms with Crippen LogP contribution in [0.25, 0.3) is 17.0 Å². The van der Waals surface area contributed by atoms with Crippen molar-refractivity contribution in [3.8, 4) is 17.1 Å². The number of carbonyl (C=O) groups excluding carboxylic acids is 3. The molecule has 0 fully saturated rings. The number of anilines is 1. The second-order valence-electron chi connectivity index (χ2n) is 9.80. The number of ether oxygens (including phenoxy) is 1. The maximum Gasteiger partial charge on any atom is 0.439 e. The molecule has 15 heteroatoms. The standard InChI is InChI=1S/C27H21N9O6/c37-23-12-41-21-6-1-13(7-18(21)31-23)10-28-26(39)20-9-19(30-22-11-29-35-36(20)22)25(38)32-17-5-3-14-8-15(2-4-16(14)17)24-33-27(40)42-34-24/h1-2,4,6-9,11,17H,3,5,10,12H2,(H,28,39)(H,31,37)(H,32,38)(H,33,34,40)/t17-/m0/s1. The zero-order valence-electron chi connectivity index (χ0n) is 21.7. The zero-order valence-corrected chi connectivity index (χ0v) is 21.7. The van der Waals surface area contributed by atoms with Crippen LogP contribution < -0.4 is 26.4 Å². The van der Waals surface area contributed by atoms with Gasteiger partial charge in [0.1, 0.15) is 17.1 Å². The van der Waals surface area contributed by atoms with Gasteiger partial charge in [-0.25, -0.2) is 9.78 Å². The molecule has 15 nitrogen and oxygen atoms in total. The van der Waals surface area contributed by atoms with Crippen LogP contribution in [0.1, 0.15) is 50.1 Å². The Bertz CT molecular complexity index is 1960. The van der Waals surface area contributed by atoms with Crippen LogP contribution in [0.15, 0.2) is 58.0 Å². The van der Waals surface area contributed by atoms with Crippen molar-refractivity contribution in [2.45, 2.75) is 25.4 Å². The van der Waals surface area contributed by atoms with E-state index in [1.807, 2.05) is 12.1 Å². The number of carbonyl (C=O) groups is 3. The summed E-state index contributed by atoms with van der Waals surface area (Å²) < 4.78 is 11.2. The Kier molecular flexibility index (Phi) is 5.96. The van der Waals surface area contributed by atoms with E-state index >= 15 is 0 Å².